The van der Waals surface area contributed by atoms with Gasteiger partial charge in [0.05, 0.1) is 18.7 Å². The highest BCUT2D eigenvalue weighted by molar-refractivity contribution is 6.35. The maximum Gasteiger partial charge on any atom is 0.278 e. The van der Waals surface area contributed by atoms with E-state index in [1.54, 1.807) is 42.5 Å². The summed E-state index contributed by atoms with van der Waals surface area (Å²) in [7, 11) is 2.03. The zero-order chi connectivity index (χ0) is 22.0. The zero-order valence-electron chi connectivity index (χ0n) is 17.8. The summed E-state index contributed by atoms with van der Waals surface area (Å²) in [6, 6.07) is 13.4. The number of likely N-dealkylation sites (N-methyl/N-ethyl adjacent to an activating group) is 1. The molecule has 2 aromatic carbocycles. The number of halogens is 1. The van der Waals surface area contributed by atoms with E-state index in [2.05, 4.69) is 4.90 Å². The molecule has 0 unspecified atom stereocenters. The Kier molecular flexibility index (Phi) is 6.04. The molecule has 0 radical (unpaired) electrons. The lowest BCUT2D eigenvalue weighted by atomic mass is 10.0. The number of piperazine rings is 1. The van der Waals surface area contributed by atoms with Gasteiger partial charge in [0.1, 0.15) is 17.3 Å². The Morgan fingerprint density at radius 2 is 1.61 bits per heavy atom. The molecular formula is C24H26FN3O3. The molecular weight excluding hydrogens is 397 g/mol. The van der Waals surface area contributed by atoms with E-state index in [1.807, 2.05) is 18.9 Å². The Bertz CT molecular complexity index is 1010. The van der Waals surface area contributed by atoms with E-state index in [1.165, 1.54) is 6.07 Å². The predicted octanol–water partition coefficient (Wildman–Crippen LogP) is 2.75. The number of carbonyl (C=O) groups is 2. The van der Waals surface area contributed by atoms with Crippen LogP contribution in [-0.4, -0.2) is 66.3 Å². The first-order chi connectivity index (χ1) is 15.0. The smallest absolute Gasteiger partial charge is 0.278 e. The maximum absolute atomic E-state index is 14.2. The van der Waals surface area contributed by atoms with Gasteiger partial charge in [0.15, 0.2) is 0 Å². The van der Waals surface area contributed by atoms with E-state index in [-0.39, 0.29) is 12.5 Å². The summed E-state index contributed by atoms with van der Waals surface area (Å²) < 4.78 is 19.7. The molecule has 0 aromatic heterocycles. The minimum atomic E-state index is -0.432. The van der Waals surface area contributed by atoms with Gasteiger partial charge in [0, 0.05) is 31.7 Å². The van der Waals surface area contributed by atoms with Crippen molar-refractivity contribution in [2.24, 2.45) is 0 Å². The number of imide groups is 1. The maximum atomic E-state index is 14.2. The monoisotopic (exact) mass is 423 g/mol. The zero-order valence-corrected chi connectivity index (χ0v) is 17.8. The normalized spacial score (nSPS) is 17.6. The average molecular weight is 423 g/mol. The van der Waals surface area contributed by atoms with Crippen molar-refractivity contribution in [1.29, 1.82) is 0 Å². The van der Waals surface area contributed by atoms with E-state index in [9.17, 15) is 14.0 Å². The van der Waals surface area contributed by atoms with Crippen molar-refractivity contribution in [3.63, 3.8) is 0 Å². The van der Waals surface area contributed by atoms with E-state index in [0.717, 1.165) is 18.0 Å². The number of ether oxygens (including phenoxy) is 1. The molecule has 0 saturated carbocycles. The third-order valence-electron chi connectivity index (χ3n) is 5.70. The quantitative estimate of drug-likeness (QED) is 0.669. The van der Waals surface area contributed by atoms with Crippen LogP contribution in [0.3, 0.4) is 0 Å². The van der Waals surface area contributed by atoms with Gasteiger partial charge in [-0.05, 0) is 37.7 Å². The first-order valence-electron chi connectivity index (χ1n) is 10.5. The number of hydrogen-bond acceptors (Lipinski definition) is 5. The summed E-state index contributed by atoms with van der Waals surface area (Å²) >= 11 is 0. The molecule has 2 aliphatic rings. The van der Waals surface area contributed by atoms with Crippen molar-refractivity contribution >= 4 is 17.4 Å². The highest BCUT2D eigenvalue weighted by Crippen LogP contribution is 2.34. The number of amides is 2. The Balaban J connectivity index is 1.71. The van der Waals surface area contributed by atoms with Crippen LogP contribution in [0.1, 0.15) is 18.1 Å². The van der Waals surface area contributed by atoms with Gasteiger partial charge in [-0.15, -0.1) is 0 Å². The summed E-state index contributed by atoms with van der Waals surface area (Å²) in [5.74, 6) is -0.500. The van der Waals surface area contributed by atoms with Crippen molar-refractivity contribution in [3.8, 4) is 5.75 Å². The van der Waals surface area contributed by atoms with Gasteiger partial charge in [-0.3, -0.25) is 14.5 Å². The molecule has 0 spiro atoms. The molecule has 31 heavy (non-hydrogen) atoms. The lowest BCUT2D eigenvalue weighted by Crippen LogP contribution is -2.46. The van der Waals surface area contributed by atoms with E-state index in [4.69, 9.17) is 4.74 Å². The standard InChI is InChI=1S/C24H26FN3O3/c1-3-31-19-10-8-17(9-11-19)21-22(27-14-12-26(2)13-15-27)24(30)28(23(21)29)16-18-6-4-5-7-20(18)25/h4-11H,3,12-16H2,1-2H3. The molecule has 6 nitrogen and oxygen atoms in total. The van der Waals surface area contributed by atoms with Crippen LogP contribution in [0.5, 0.6) is 5.75 Å². The van der Waals surface area contributed by atoms with Crippen molar-refractivity contribution in [2.45, 2.75) is 13.5 Å². The van der Waals surface area contributed by atoms with Crippen LogP contribution < -0.4 is 4.74 Å². The first kappa shape index (κ1) is 21.1. The highest BCUT2D eigenvalue weighted by atomic mass is 19.1. The molecule has 0 N–H and O–H groups in total. The molecule has 162 valence electrons. The van der Waals surface area contributed by atoms with Gasteiger partial charge in [-0.25, -0.2) is 4.39 Å². The Labute approximate surface area is 181 Å². The fourth-order valence-corrected chi connectivity index (χ4v) is 3.97. The van der Waals surface area contributed by atoms with E-state index < -0.39 is 11.7 Å². The van der Waals surface area contributed by atoms with Crippen molar-refractivity contribution in [1.82, 2.24) is 14.7 Å². The highest BCUT2D eigenvalue weighted by Gasteiger charge is 2.42. The largest absolute Gasteiger partial charge is 0.494 e. The number of nitrogens with zero attached hydrogens (tertiary/aromatic N) is 3. The lowest BCUT2D eigenvalue weighted by Gasteiger charge is -2.34. The molecule has 4 rings (SSSR count). The Morgan fingerprint density at radius 3 is 2.26 bits per heavy atom. The molecule has 1 fully saturated rings. The fraction of sp³-hybridized carbons (Fsp3) is 0.333. The molecule has 2 amide bonds. The third-order valence-corrected chi connectivity index (χ3v) is 5.70. The third kappa shape index (κ3) is 4.18. The van der Waals surface area contributed by atoms with Crippen LogP contribution in [0.25, 0.3) is 5.57 Å². The Hall–Kier alpha value is -3.19. The van der Waals surface area contributed by atoms with E-state index >= 15 is 0 Å². The summed E-state index contributed by atoms with van der Waals surface area (Å²) in [4.78, 5) is 32.1. The summed E-state index contributed by atoms with van der Waals surface area (Å²) in [5, 5.41) is 0. The van der Waals surface area contributed by atoms with Gasteiger partial charge in [-0.1, -0.05) is 30.3 Å². The first-order valence-corrected chi connectivity index (χ1v) is 10.5. The molecule has 2 aliphatic heterocycles. The van der Waals surface area contributed by atoms with Crippen LogP contribution in [0.2, 0.25) is 0 Å². The molecule has 7 heteroatoms. The van der Waals surface area contributed by atoms with Crippen LogP contribution in [0.15, 0.2) is 54.2 Å². The molecule has 2 heterocycles. The number of hydrogen-bond donors (Lipinski definition) is 0. The lowest BCUT2D eigenvalue weighted by molar-refractivity contribution is -0.138. The van der Waals surface area contributed by atoms with Crippen LogP contribution >= 0.6 is 0 Å². The number of rotatable bonds is 6. The molecule has 1 saturated heterocycles. The minimum absolute atomic E-state index is 0.0951. The van der Waals surface area contributed by atoms with Gasteiger partial charge in [0.25, 0.3) is 11.8 Å². The number of carbonyl (C=O) groups excluding carboxylic acids is 2. The molecule has 0 aliphatic carbocycles. The fourth-order valence-electron chi connectivity index (χ4n) is 3.97. The van der Waals surface area contributed by atoms with Crippen molar-refractivity contribution in [2.75, 3.05) is 39.8 Å². The molecule has 0 bridgehead atoms. The van der Waals surface area contributed by atoms with Crippen LogP contribution in [0, 0.1) is 5.82 Å². The summed E-state index contributed by atoms with van der Waals surface area (Å²) in [6.07, 6.45) is 0. The number of benzene rings is 2. The van der Waals surface area contributed by atoms with Gasteiger partial charge in [-0.2, -0.15) is 0 Å². The van der Waals surface area contributed by atoms with Gasteiger partial charge >= 0.3 is 0 Å². The minimum Gasteiger partial charge on any atom is -0.494 e. The second kappa shape index (κ2) is 8.89. The average Bonchev–Trinajstić information content (AvgIpc) is 3.01. The van der Waals surface area contributed by atoms with Crippen LogP contribution in [0.4, 0.5) is 4.39 Å². The van der Waals surface area contributed by atoms with Crippen molar-refractivity contribution < 1.29 is 18.7 Å². The van der Waals surface area contributed by atoms with Gasteiger partial charge in [0.2, 0.25) is 0 Å². The summed E-state index contributed by atoms with van der Waals surface area (Å²) in [5.41, 5.74) is 1.74. The predicted molar refractivity (Wildman–Crippen MR) is 116 cm³/mol. The van der Waals surface area contributed by atoms with Crippen LogP contribution in [-0.2, 0) is 16.1 Å². The Morgan fingerprint density at radius 1 is 0.935 bits per heavy atom. The van der Waals surface area contributed by atoms with E-state index in [0.29, 0.717) is 47.8 Å². The topological polar surface area (TPSA) is 53.1 Å². The molecule has 0 atom stereocenters. The molecule has 2 aromatic rings. The second-order valence-electron chi connectivity index (χ2n) is 7.76. The van der Waals surface area contributed by atoms with Gasteiger partial charge < -0.3 is 14.5 Å². The SMILES string of the molecule is CCOc1ccc(C2=C(N3CCN(C)CC3)C(=O)N(Cc3ccccc3F)C2=O)cc1. The second-order valence-corrected chi connectivity index (χ2v) is 7.76. The van der Waals surface area contributed by atoms with Crippen molar-refractivity contribution in [3.05, 3.63) is 71.2 Å². The summed E-state index contributed by atoms with van der Waals surface area (Å²) in [6.45, 7) is 5.26.